The molecule has 0 aliphatic rings. The Morgan fingerprint density at radius 3 is 2.79 bits per heavy atom. The Hall–Kier alpha value is -1.94. The highest BCUT2D eigenvalue weighted by atomic mass is 32.1. The average molecular weight is 270 g/mol. The number of rotatable bonds is 1. The molecular formula is C15H14N2OS. The minimum atomic E-state index is -0.0487. The summed E-state index contributed by atoms with van der Waals surface area (Å²) in [5.41, 5.74) is 3.69. The van der Waals surface area contributed by atoms with Gasteiger partial charge in [0.1, 0.15) is 0 Å². The van der Waals surface area contributed by atoms with E-state index in [4.69, 9.17) is 0 Å². The van der Waals surface area contributed by atoms with Crippen LogP contribution in [0.1, 0.15) is 11.3 Å². The molecule has 3 nitrogen and oxygen atoms in total. The van der Waals surface area contributed by atoms with Crippen molar-refractivity contribution in [1.82, 2.24) is 9.78 Å². The summed E-state index contributed by atoms with van der Waals surface area (Å²) in [7, 11) is 1.70. The van der Waals surface area contributed by atoms with Crippen molar-refractivity contribution in [2.45, 2.75) is 13.8 Å². The summed E-state index contributed by atoms with van der Waals surface area (Å²) >= 11 is 1.69. The molecule has 1 aromatic carbocycles. The summed E-state index contributed by atoms with van der Waals surface area (Å²) < 4.78 is 2.62. The second-order valence-corrected chi connectivity index (χ2v) is 5.67. The third-order valence-electron chi connectivity index (χ3n) is 3.30. The summed E-state index contributed by atoms with van der Waals surface area (Å²) in [6.07, 6.45) is 0. The van der Waals surface area contributed by atoms with Gasteiger partial charge in [0.05, 0.1) is 11.3 Å². The van der Waals surface area contributed by atoms with Crippen LogP contribution in [-0.4, -0.2) is 9.78 Å². The second kappa shape index (κ2) is 4.31. The van der Waals surface area contributed by atoms with E-state index in [2.05, 4.69) is 28.7 Å². The maximum atomic E-state index is 12.3. The molecule has 3 rings (SSSR count). The topological polar surface area (TPSA) is 34.9 Å². The summed E-state index contributed by atoms with van der Waals surface area (Å²) in [4.78, 5) is 12.3. The van der Waals surface area contributed by atoms with E-state index in [9.17, 15) is 4.79 Å². The van der Waals surface area contributed by atoms with Gasteiger partial charge in [-0.1, -0.05) is 6.07 Å². The maximum Gasteiger partial charge on any atom is 0.274 e. The van der Waals surface area contributed by atoms with Gasteiger partial charge in [-0.2, -0.15) is 5.10 Å². The monoisotopic (exact) mass is 270 g/mol. The molecule has 0 aliphatic heterocycles. The number of fused-ring (bicyclic) bond motifs is 1. The van der Waals surface area contributed by atoms with E-state index in [0.29, 0.717) is 0 Å². The van der Waals surface area contributed by atoms with E-state index in [1.165, 1.54) is 9.38 Å². The summed E-state index contributed by atoms with van der Waals surface area (Å²) in [6, 6.07) is 8.14. The summed E-state index contributed by atoms with van der Waals surface area (Å²) in [6.45, 7) is 3.95. The second-order valence-electron chi connectivity index (χ2n) is 4.72. The van der Waals surface area contributed by atoms with E-state index < -0.39 is 0 Å². The number of aromatic nitrogens is 2. The molecule has 2 heterocycles. The minimum Gasteiger partial charge on any atom is -0.267 e. The smallest absolute Gasteiger partial charge is 0.267 e. The predicted molar refractivity (Wildman–Crippen MR) is 79.8 cm³/mol. The van der Waals surface area contributed by atoms with Crippen LogP contribution < -0.4 is 5.56 Å². The molecule has 0 unspecified atom stereocenters. The van der Waals surface area contributed by atoms with Gasteiger partial charge in [0.2, 0.25) is 0 Å². The predicted octanol–water partition coefficient (Wildman–Crippen LogP) is 3.28. The average Bonchev–Trinajstić information content (AvgIpc) is 2.82. The van der Waals surface area contributed by atoms with Gasteiger partial charge in [0.25, 0.3) is 5.56 Å². The van der Waals surface area contributed by atoms with Crippen molar-refractivity contribution < 1.29 is 0 Å². The standard InChI is InChI=1S/C15H14N2OS/c1-9-4-5-13-11(6-7-19-13)14(9)12-8-10(2)16-17(3)15(12)18/h4-8H,1-3H3. The molecule has 0 saturated carbocycles. The van der Waals surface area contributed by atoms with Crippen molar-refractivity contribution in [3.8, 4) is 11.1 Å². The Morgan fingerprint density at radius 1 is 1.21 bits per heavy atom. The summed E-state index contributed by atoms with van der Waals surface area (Å²) in [5.74, 6) is 0. The highest BCUT2D eigenvalue weighted by Gasteiger charge is 2.13. The van der Waals surface area contributed by atoms with Crippen LogP contribution in [0.5, 0.6) is 0 Å². The number of nitrogens with zero attached hydrogens (tertiary/aromatic N) is 2. The van der Waals surface area contributed by atoms with Gasteiger partial charge in [-0.15, -0.1) is 11.3 Å². The van der Waals surface area contributed by atoms with Gasteiger partial charge in [0.15, 0.2) is 0 Å². The van der Waals surface area contributed by atoms with Crippen LogP contribution in [0.2, 0.25) is 0 Å². The Labute approximate surface area is 115 Å². The van der Waals surface area contributed by atoms with Crippen molar-refractivity contribution in [3.05, 3.63) is 51.3 Å². The van der Waals surface area contributed by atoms with E-state index in [1.807, 2.05) is 19.9 Å². The van der Waals surface area contributed by atoms with Gasteiger partial charge < -0.3 is 0 Å². The van der Waals surface area contributed by atoms with Crippen molar-refractivity contribution >= 4 is 21.4 Å². The minimum absolute atomic E-state index is 0.0487. The van der Waals surface area contributed by atoms with Crippen LogP contribution in [0.15, 0.2) is 34.4 Å². The number of benzene rings is 1. The van der Waals surface area contributed by atoms with E-state index in [0.717, 1.165) is 27.8 Å². The number of thiophene rings is 1. The highest BCUT2D eigenvalue weighted by Crippen LogP contribution is 2.33. The van der Waals surface area contributed by atoms with Crippen LogP contribution >= 0.6 is 11.3 Å². The SMILES string of the molecule is Cc1cc(-c2c(C)ccc3sccc23)c(=O)n(C)n1. The fraction of sp³-hybridized carbons (Fsp3) is 0.200. The highest BCUT2D eigenvalue weighted by molar-refractivity contribution is 7.17. The van der Waals surface area contributed by atoms with Crippen LogP contribution in [-0.2, 0) is 7.05 Å². The summed E-state index contributed by atoms with van der Waals surface area (Å²) in [5, 5.41) is 7.37. The van der Waals surface area contributed by atoms with E-state index >= 15 is 0 Å². The lowest BCUT2D eigenvalue weighted by Crippen LogP contribution is -2.22. The molecule has 19 heavy (non-hydrogen) atoms. The van der Waals surface area contributed by atoms with Crippen molar-refractivity contribution in [2.24, 2.45) is 7.05 Å². The molecule has 0 radical (unpaired) electrons. The van der Waals surface area contributed by atoms with Crippen LogP contribution in [0.3, 0.4) is 0 Å². The first-order valence-electron chi connectivity index (χ1n) is 6.10. The molecular weight excluding hydrogens is 256 g/mol. The number of hydrogen-bond donors (Lipinski definition) is 0. The van der Waals surface area contributed by atoms with Gasteiger partial charge in [-0.25, -0.2) is 4.68 Å². The molecule has 4 heteroatoms. The first-order valence-corrected chi connectivity index (χ1v) is 6.98. The lowest BCUT2D eigenvalue weighted by Gasteiger charge is -2.09. The van der Waals surface area contributed by atoms with Crippen LogP contribution in [0.4, 0.5) is 0 Å². The first-order chi connectivity index (χ1) is 9.08. The lowest BCUT2D eigenvalue weighted by atomic mass is 9.98. The molecule has 3 aromatic rings. The van der Waals surface area contributed by atoms with Gasteiger partial charge >= 0.3 is 0 Å². The number of aryl methyl sites for hydroxylation is 3. The molecule has 96 valence electrons. The fourth-order valence-electron chi connectivity index (χ4n) is 2.45. The van der Waals surface area contributed by atoms with Crippen LogP contribution in [0, 0.1) is 13.8 Å². The largest absolute Gasteiger partial charge is 0.274 e. The third-order valence-corrected chi connectivity index (χ3v) is 4.18. The zero-order chi connectivity index (χ0) is 13.6. The quantitative estimate of drug-likeness (QED) is 0.680. The van der Waals surface area contributed by atoms with E-state index in [1.54, 1.807) is 18.4 Å². The maximum absolute atomic E-state index is 12.3. The van der Waals surface area contributed by atoms with Crippen molar-refractivity contribution in [1.29, 1.82) is 0 Å². The van der Waals surface area contributed by atoms with Crippen molar-refractivity contribution in [3.63, 3.8) is 0 Å². The van der Waals surface area contributed by atoms with Gasteiger partial charge in [-0.3, -0.25) is 4.79 Å². The zero-order valence-electron chi connectivity index (χ0n) is 11.1. The molecule has 0 N–H and O–H groups in total. The molecule has 0 atom stereocenters. The fourth-order valence-corrected chi connectivity index (χ4v) is 3.24. The van der Waals surface area contributed by atoms with Crippen molar-refractivity contribution in [2.75, 3.05) is 0 Å². The van der Waals surface area contributed by atoms with Gasteiger partial charge in [0, 0.05) is 17.1 Å². The molecule has 0 spiro atoms. The Kier molecular flexibility index (Phi) is 2.75. The molecule has 0 fully saturated rings. The molecule has 0 bridgehead atoms. The molecule has 2 aromatic heterocycles. The van der Waals surface area contributed by atoms with Crippen LogP contribution in [0.25, 0.3) is 21.2 Å². The first kappa shape index (κ1) is 12.1. The van der Waals surface area contributed by atoms with E-state index in [-0.39, 0.29) is 5.56 Å². The normalized spacial score (nSPS) is 11.1. The zero-order valence-corrected chi connectivity index (χ0v) is 11.9. The third kappa shape index (κ3) is 1.88. The Balaban J connectivity index is 2.45. The Bertz CT molecular complexity index is 830. The Morgan fingerprint density at radius 2 is 2.00 bits per heavy atom. The lowest BCUT2D eigenvalue weighted by molar-refractivity contribution is 0.695. The molecule has 0 aliphatic carbocycles. The number of hydrogen-bond acceptors (Lipinski definition) is 3. The van der Waals surface area contributed by atoms with Gasteiger partial charge in [-0.05, 0) is 48.6 Å². The molecule has 0 amide bonds. The molecule has 0 saturated heterocycles.